The van der Waals surface area contributed by atoms with E-state index in [2.05, 4.69) is 42.8 Å². The Morgan fingerprint density at radius 1 is 1.35 bits per heavy atom. The van der Waals surface area contributed by atoms with Crippen molar-refractivity contribution in [3.05, 3.63) is 29.6 Å². The van der Waals surface area contributed by atoms with Crippen LogP contribution in [0, 0.1) is 6.92 Å². The molecule has 1 aromatic heterocycles. The van der Waals surface area contributed by atoms with E-state index in [0.717, 1.165) is 18.7 Å². The molecule has 1 heterocycles. The molecule has 17 heavy (non-hydrogen) atoms. The smallest absolute Gasteiger partial charge is 0.0488 e. The fourth-order valence-corrected chi connectivity index (χ4v) is 2.17. The molecule has 1 unspecified atom stereocenters. The van der Waals surface area contributed by atoms with Gasteiger partial charge in [0.05, 0.1) is 0 Å². The van der Waals surface area contributed by atoms with Crippen LogP contribution in [0.4, 0.5) is 0 Å². The van der Waals surface area contributed by atoms with Crippen LogP contribution in [0.25, 0.3) is 0 Å². The van der Waals surface area contributed by atoms with E-state index in [9.17, 15) is 0 Å². The molecule has 0 aromatic carbocycles. The highest BCUT2D eigenvalue weighted by atomic mass is 15.2. The fourth-order valence-electron chi connectivity index (χ4n) is 2.17. The molecule has 1 atom stereocenters. The quantitative estimate of drug-likeness (QED) is 0.824. The van der Waals surface area contributed by atoms with Gasteiger partial charge in [0.25, 0.3) is 0 Å². The summed E-state index contributed by atoms with van der Waals surface area (Å²) in [7, 11) is 0. The minimum Gasteiger partial charge on any atom is -0.329 e. The molecule has 2 N–H and O–H groups in total. The van der Waals surface area contributed by atoms with Crippen LogP contribution in [-0.2, 0) is 0 Å². The monoisotopic (exact) mass is 235 g/mol. The molecular formula is C14H25N3. The fraction of sp³-hybridized carbons (Fsp3) is 0.643. The average Bonchev–Trinajstić information content (AvgIpc) is 2.31. The van der Waals surface area contributed by atoms with Crippen LogP contribution in [0.3, 0.4) is 0 Å². The highest BCUT2D eigenvalue weighted by Gasteiger charge is 2.20. The van der Waals surface area contributed by atoms with E-state index in [1.165, 1.54) is 5.56 Å². The first kappa shape index (κ1) is 14.1. The van der Waals surface area contributed by atoms with Crippen LogP contribution >= 0.6 is 0 Å². The third-order valence-corrected chi connectivity index (χ3v) is 3.09. The highest BCUT2D eigenvalue weighted by Crippen LogP contribution is 2.21. The molecule has 0 aliphatic rings. The van der Waals surface area contributed by atoms with Crippen LogP contribution in [0.5, 0.6) is 0 Å². The first-order valence-electron chi connectivity index (χ1n) is 6.48. The number of nitrogens with zero attached hydrogens (tertiary/aromatic N) is 2. The van der Waals surface area contributed by atoms with E-state index in [0.29, 0.717) is 12.6 Å². The van der Waals surface area contributed by atoms with E-state index in [1.807, 2.05) is 13.1 Å². The van der Waals surface area contributed by atoms with Crippen molar-refractivity contribution in [3.8, 4) is 0 Å². The summed E-state index contributed by atoms with van der Waals surface area (Å²) in [6.07, 6.45) is 3.10. The largest absolute Gasteiger partial charge is 0.329 e. The topological polar surface area (TPSA) is 42.1 Å². The zero-order valence-electron chi connectivity index (χ0n) is 11.5. The minimum atomic E-state index is 0.281. The second kappa shape index (κ2) is 6.72. The molecule has 0 bridgehead atoms. The molecule has 0 saturated heterocycles. The first-order valence-corrected chi connectivity index (χ1v) is 6.48. The molecule has 1 rings (SSSR count). The number of aryl methyl sites for hydroxylation is 1. The molecule has 0 aliphatic heterocycles. The Hall–Kier alpha value is -0.930. The number of hydrogen-bond acceptors (Lipinski definition) is 3. The SMILES string of the molecule is CCCN(C(C)C)C(CN)c1ccc(C)nc1. The number of rotatable bonds is 6. The van der Waals surface area contributed by atoms with Crippen molar-refractivity contribution >= 4 is 0 Å². The van der Waals surface area contributed by atoms with Crippen LogP contribution in [0.15, 0.2) is 18.3 Å². The van der Waals surface area contributed by atoms with Gasteiger partial charge >= 0.3 is 0 Å². The summed E-state index contributed by atoms with van der Waals surface area (Å²) in [5.41, 5.74) is 8.22. The van der Waals surface area contributed by atoms with E-state index < -0.39 is 0 Å². The van der Waals surface area contributed by atoms with Crippen molar-refractivity contribution < 1.29 is 0 Å². The predicted octanol–water partition coefficient (Wildman–Crippen LogP) is 2.51. The molecule has 3 heteroatoms. The van der Waals surface area contributed by atoms with Crippen LogP contribution in [0.1, 0.15) is 44.5 Å². The average molecular weight is 235 g/mol. The van der Waals surface area contributed by atoms with Gasteiger partial charge in [0.1, 0.15) is 0 Å². The molecule has 0 aliphatic carbocycles. The number of nitrogens with two attached hydrogens (primary N) is 1. The zero-order valence-corrected chi connectivity index (χ0v) is 11.5. The summed E-state index contributed by atoms with van der Waals surface area (Å²) < 4.78 is 0. The van der Waals surface area contributed by atoms with Crippen molar-refractivity contribution in [1.29, 1.82) is 0 Å². The second-order valence-electron chi connectivity index (χ2n) is 4.82. The third kappa shape index (κ3) is 3.79. The molecule has 1 aromatic rings. The van der Waals surface area contributed by atoms with Gasteiger partial charge in [-0.1, -0.05) is 13.0 Å². The lowest BCUT2D eigenvalue weighted by Crippen LogP contribution is -2.39. The van der Waals surface area contributed by atoms with E-state index >= 15 is 0 Å². The lowest BCUT2D eigenvalue weighted by molar-refractivity contribution is 0.157. The van der Waals surface area contributed by atoms with E-state index in [4.69, 9.17) is 5.73 Å². The summed E-state index contributed by atoms with van der Waals surface area (Å²) in [5, 5.41) is 0. The summed E-state index contributed by atoms with van der Waals surface area (Å²) >= 11 is 0. The molecule has 0 spiro atoms. The lowest BCUT2D eigenvalue weighted by atomic mass is 10.1. The molecule has 0 saturated carbocycles. The van der Waals surface area contributed by atoms with Crippen molar-refractivity contribution in [1.82, 2.24) is 9.88 Å². The second-order valence-corrected chi connectivity index (χ2v) is 4.82. The maximum atomic E-state index is 5.94. The van der Waals surface area contributed by atoms with Crippen molar-refractivity contribution in [2.75, 3.05) is 13.1 Å². The van der Waals surface area contributed by atoms with Crippen molar-refractivity contribution in [2.24, 2.45) is 5.73 Å². The van der Waals surface area contributed by atoms with Gasteiger partial charge in [-0.25, -0.2) is 0 Å². The van der Waals surface area contributed by atoms with Crippen LogP contribution < -0.4 is 5.73 Å². The van der Waals surface area contributed by atoms with Gasteiger partial charge in [0.2, 0.25) is 0 Å². The number of aromatic nitrogens is 1. The van der Waals surface area contributed by atoms with E-state index in [1.54, 1.807) is 0 Å². The molecule has 0 radical (unpaired) electrons. The normalized spacial score (nSPS) is 13.4. The number of hydrogen-bond donors (Lipinski definition) is 1. The highest BCUT2D eigenvalue weighted by molar-refractivity contribution is 5.18. The first-order chi connectivity index (χ1) is 8.10. The Balaban J connectivity index is 2.91. The summed E-state index contributed by atoms with van der Waals surface area (Å²) in [6.45, 7) is 10.4. The van der Waals surface area contributed by atoms with Gasteiger partial charge in [0, 0.05) is 30.5 Å². The third-order valence-electron chi connectivity index (χ3n) is 3.09. The Labute approximate surface area is 105 Å². The van der Waals surface area contributed by atoms with Gasteiger partial charge < -0.3 is 5.73 Å². The Bertz CT molecular complexity index is 319. The van der Waals surface area contributed by atoms with Crippen molar-refractivity contribution in [3.63, 3.8) is 0 Å². The summed E-state index contributed by atoms with van der Waals surface area (Å²) in [5.74, 6) is 0. The number of pyridine rings is 1. The summed E-state index contributed by atoms with van der Waals surface area (Å²) in [4.78, 5) is 6.82. The van der Waals surface area contributed by atoms with E-state index in [-0.39, 0.29) is 6.04 Å². The molecule has 0 fully saturated rings. The van der Waals surface area contributed by atoms with Gasteiger partial charge in [-0.05, 0) is 45.4 Å². The maximum Gasteiger partial charge on any atom is 0.0488 e. The predicted molar refractivity (Wildman–Crippen MR) is 72.9 cm³/mol. The molecule has 96 valence electrons. The Kier molecular flexibility index (Phi) is 5.59. The standard InChI is InChI=1S/C14H25N3/c1-5-8-17(11(2)3)14(9-15)13-7-6-12(4)16-10-13/h6-7,10-11,14H,5,8-9,15H2,1-4H3. The summed E-state index contributed by atoms with van der Waals surface area (Å²) in [6, 6.07) is 4.99. The van der Waals surface area contributed by atoms with Gasteiger partial charge in [-0.15, -0.1) is 0 Å². The molecule has 0 amide bonds. The van der Waals surface area contributed by atoms with Crippen LogP contribution in [-0.4, -0.2) is 29.0 Å². The zero-order chi connectivity index (χ0) is 12.8. The van der Waals surface area contributed by atoms with Gasteiger partial charge in [-0.2, -0.15) is 0 Å². The van der Waals surface area contributed by atoms with Gasteiger partial charge in [0.15, 0.2) is 0 Å². The maximum absolute atomic E-state index is 5.94. The van der Waals surface area contributed by atoms with Crippen LogP contribution in [0.2, 0.25) is 0 Å². The molecular weight excluding hydrogens is 210 g/mol. The Morgan fingerprint density at radius 3 is 2.47 bits per heavy atom. The lowest BCUT2D eigenvalue weighted by Gasteiger charge is -2.34. The minimum absolute atomic E-state index is 0.281. The Morgan fingerprint density at radius 2 is 2.06 bits per heavy atom. The van der Waals surface area contributed by atoms with Gasteiger partial charge in [-0.3, -0.25) is 9.88 Å². The molecule has 3 nitrogen and oxygen atoms in total. The van der Waals surface area contributed by atoms with Crippen molar-refractivity contribution in [2.45, 2.75) is 46.2 Å².